The summed E-state index contributed by atoms with van der Waals surface area (Å²) in [4.78, 5) is 28.4. The van der Waals surface area contributed by atoms with Crippen molar-refractivity contribution in [3.8, 4) is 0 Å². The third kappa shape index (κ3) is 37.7. The monoisotopic (exact) mass is 192 g/mol. The molecule has 0 saturated carbocycles. The van der Waals surface area contributed by atoms with Gasteiger partial charge in [-0.3, -0.25) is 4.79 Å². The number of aliphatic carboxylic acids is 2. The van der Waals surface area contributed by atoms with Crippen LogP contribution in [0.25, 0.3) is 0 Å². The molecule has 0 fully saturated rings. The summed E-state index contributed by atoms with van der Waals surface area (Å²) in [6.07, 6.45) is 1.12. The van der Waals surface area contributed by atoms with Crippen molar-refractivity contribution in [2.45, 2.75) is 6.92 Å². The zero-order valence-electron chi connectivity index (χ0n) is 6.22. The first-order chi connectivity index (χ1) is 5.36. The summed E-state index contributed by atoms with van der Waals surface area (Å²) in [5.41, 5.74) is 0. The van der Waals surface area contributed by atoms with E-state index in [0.717, 1.165) is 0 Å². The molecule has 0 saturated heterocycles. The molecule has 0 heterocycles. The number of hydrogen-bond acceptors (Lipinski definition) is 3. The maximum absolute atomic E-state index is 9.55. The fourth-order valence-corrected chi connectivity index (χ4v) is 0.143. The van der Waals surface area contributed by atoms with E-state index in [9.17, 15) is 14.4 Å². The van der Waals surface area contributed by atoms with E-state index in [4.69, 9.17) is 10.2 Å². The van der Waals surface area contributed by atoms with Crippen LogP contribution in [-0.2, 0) is 14.4 Å². The Bertz CT molecular complexity index is 188. The zero-order chi connectivity index (χ0) is 10.1. The molecule has 6 heteroatoms. The highest BCUT2D eigenvalue weighted by molar-refractivity contribution is 7.96. The lowest BCUT2D eigenvalue weighted by molar-refractivity contribution is -0.134. The molecule has 0 bridgehead atoms. The molecule has 0 aliphatic rings. The maximum Gasteiger partial charge on any atom is 0.328 e. The molecule has 0 atom stereocenters. The number of rotatable bonds is 2. The van der Waals surface area contributed by atoms with Gasteiger partial charge < -0.3 is 10.2 Å². The Hall–Kier alpha value is -1.30. The Morgan fingerprint density at radius 1 is 1.08 bits per heavy atom. The number of carbonyl (C=O) groups excluding carboxylic acids is 1. The average Bonchev–Trinajstić information content (AvgIpc) is 1.82. The fourth-order valence-electron chi connectivity index (χ4n) is 0.143. The Balaban J connectivity index is 0. The van der Waals surface area contributed by atoms with Gasteiger partial charge in [-0.25, -0.2) is 9.59 Å². The van der Waals surface area contributed by atoms with Crippen LogP contribution >= 0.6 is 12.6 Å². The van der Waals surface area contributed by atoms with Crippen molar-refractivity contribution in [2.24, 2.45) is 0 Å². The molecule has 68 valence electrons. The van der Waals surface area contributed by atoms with Crippen LogP contribution < -0.4 is 0 Å². The van der Waals surface area contributed by atoms with Crippen LogP contribution in [0.3, 0.4) is 0 Å². The molecule has 2 N–H and O–H groups in total. The predicted molar refractivity (Wildman–Crippen MR) is 44.1 cm³/mol. The van der Waals surface area contributed by atoms with Gasteiger partial charge in [-0.05, 0) is 0 Å². The van der Waals surface area contributed by atoms with Gasteiger partial charge in [0.1, 0.15) is 0 Å². The van der Waals surface area contributed by atoms with Crippen LogP contribution in [-0.4, -0.2) is 27.3 Å². The lowest BCUT2D eigenvalue weighted by Crippen LogP contribution is -1.91. The smallest absolute Gasteiger partial charge is 0.328 e. The van der Waals surface area contributed by atoms with Crippen molar-refractivity contribution in [2.75, 3.05) is 0 Å². The zero-order valence-corrected chi connectivity index (χ0v) is 7.12. The van der Waals surface area contributed by atoms with Gasteiger partial charge in [-0.2, -0.15) is 0 Å². The third-order valence-electron chi connectivity index (χ3n) is 0.368. The molecule has 0 aliphatic heterocycles. The quantitative estimate of drug-likeness (QED) is 0.428. The SMILES string of the molecule is CC(=O)S.O=C(O)C=CC(=O)O. The molecule has 0 radical (unpaired) electrons. The van der Waals surface area contributed by atoms with E-state index in [1.165, 1.54) is 6.92 Å². The van der Waals surface area contributed by atoms with Crippen molar-refractivity contribution < 1.29 is 24.6 Å². The summed E-state index contributed by atoms with van der Waals surface area (Å²) in [5.74, 6) is -2.51. The highest BCUT2D eigenvalue weighted by atomic mass is 32.1. The highest BCUT2D eigenvalue weighted by Gasteiger charge is 1.88. The van der Waals surface area contributed by atoms with E-state index in [-0.39, 0.29) is 5.12 Å². The Kier molecular flexibility index (Phi) is 8.65. The Labute approximate surface area is 74.1 Å². The third-order valence-corrected chi connectivity index (χ3v) is 0.368. The van der Waals surface area contributed by atoms with Crippen LogP contribution in [0.1, 0.15) is 6.92 Å². The Morgan fingerprint density at radius 3 is 1.33 bits per heavy atom. The van der Waals surface area contributed by atoms with Crippen LogP contribution in [0.15, 0.2) is 12.2 Å². The number of thiol groups is 1. The normalized spacial score (nSPS) is 8.50. The number of carboxylic acids is 2. The first-order valence-electron chi connectivity index (χ1n) is 2.69. The maximum atomic E-state index is 9.55. The first kappa shape index (κ1) is 13.3. The van der Waals surface area contributed by atoms with Crippen LogP contribution in [0.2, 0.25) is 0 Å². The van der Waals surface area contributed by atoms with E-state index in [2.05, 4.69) is 12.6 Å². The largest absolute Gasteiger partial charge is 0.478 e. The van der Waals surface area contributed by atoms with E-state index in [0.29, 0.717) is 12.2 Å². The summed E-state index contributed by atoms with van der Waals surface area (Å²) in [6, 6.07) is 0. The fraction of sp³-hybridized carbons (Fsp3) is 0.167. The van der Waals surface area contributed by atoms with Gasteiger partial charge in [0.05, 0.1) is 0 Å². The second-order valence-corrected chi connectivity index (χ2v) is 2.16. The molecule has 5 nitrogen and oxygen atoms in total. The van der Waals surface area contributed by atoms with Gasteiger partial charge in [0.2, 0.25) is 0 Å². The molecule has 0 aromatic rings. The molecule has 12 heavy (non-hydrogen) atoms. The first-order valence-corrected chi connectivity index (χ1v) is 3.14. The summed E-state index contributed by atoms with van der Waals surface area (Å²) in [5, 5.41) is 15.5. The lowest BCUT2D eigenvalue weighted by atomic mass is 10.5. The summed E-state index contributed by atoms with van der Waals surface area (Å²) < 4.78 is 0. The second kappa shape index (κ2) is 7.80. The molecule has 0 amide bonds. The van der Waals surface area contributed by atoms with Crippen molar-refractivity contribution >= 4 is 29.7 Å². The Morgan fingerprint density at radius 2 is 1.25 bits per heavy atom. The van der Waals surface area contributed by atoms with Gasteiger partial charge in [0.15, 0.2) is 5.12 Å². The van der Waals surface area contributed by atoms with Gasteiger partial charge >= 0.3 is 11.9 Å². The summed E-state index contributed by atoms with van der Waals surface area (Å²) >= 11 is 3.33. The minimum atomic E-state index is -1.26. The number of hydrogen-bond donors (Lipinski definition) is 3. The molecule has 0 aromatic carbocycles. The van der Waals surface area contributed by atoms with Gasteiger partial charge in [-0.1, -0.05) is 0 Å². The minimum absolute atomic E-state index is 0.139. The predicted octanol–water partition coefficient (Wildman–Crippen LogP) is 0.174. The van der Waals surface area contributed by atoms with Gasteiger partial charge in [0, 0.05) is 19.1 Å². The lowest BCUT2D eigenvalue weighted by Gasteiger charge is -1.74. The second-order valence-electron chi connectivity index (χ2n) is 1.53. The average molecular weight is 192 g/mol. The van der Waals surface area contributed by atoms with E-state index in [1.807, 2.05) is 0 Å². The minimum Gasteiger partial charge on any atom is -0.478 e. The number of carbonyl (C=O) groups is 3. The van der Waals surface area contributed by atoms with Crippen molar-refractivity contribution in [3.05, 3.63) is 12.2 Å². The molecular weight excluding hydrogens is 184 g/mol. The standard InChI is InChI=1S/C4H4O4.C2H4OS/c5-3(6)1-2-4(7)8;1-2(3)4/h1-2H,(H,5,6)(H,7,8);1H3,(H,3,4). The van der Waals surface area contributed by atoms with Gasteiger partial charge in [-0.15, -0.1) is 12.6 Å². The van der Waals surface area contributed by atoms with Crippen LogP contribution in [0.4, 0.5) is 0 Å². The van der Waals surface area contributed by atoms with Crippen LogP contribution in [0, 0.1) is 0 Å². The van der Waals surface area contributed by atoms with Crippen molar-refractivity contribution in [3.63, 3.8) is 0 Å². The van der Waals surface area contributed by atoms with Gasteiger partial charge in [0.25, 0.3) is 0 Å². The topological polar surface area (TPSA) is 91.7 Å². The van der Waals surface area contributed by atoms with Crippen LogP contribution in [0.5, 0.6) is 0 Å². The number of carboxylic acid groups (broad SMARTS) is 2. The molecular formula is C6H8O5S. The molecule has 0 spiro atoms. The molecule has 0 unspecified atom stereocenters. The summed E-state index contributed by atoms with van der Waals surface area (Å²) in [7, 11) is 0. The summed E-state index contributed by atoms with van der Waals surface area (Å²) in [6.45, 7) is 1.39. The van der Waals surface area contributed by atoms with E-state index >= 15 is 0 Å². The van der Waals surface area contributed by atoms with Crippen molar-refractivity contribution in [1.29, 1.82) is 0 Å². The molecule has 0 rings (SSSR count). The molecule has 0 aromatic heterocycles. The van der Waals surface area contributed by atoms with E-state index < -0.39 is 11.9 Å². The van der Waals surface area contributed by atoms with E-state index in [1.54, 1.807) is 0 Å². The molecule has 0 aliphatic carbocycles. The van der Waals surface area contributed by atoms with Crippen molar-refractivity contribution in [1.82, 2.24) is 0 Å². The highest BCUT2D eigenvalue weighted by Crippen LogP contribution is 1.70.